The van der Waals surface area contributed by atoms with Crippen LogP contribution in [-0.2, 0) is 6.54 Å². The van der Waals surface area contributed by atoms with E-state index in [0.29, 0.717) is 19.8 Å². The lowest BCUT2D eigenvalue weighted by molar-refractivity contribution is 0.171. The lowest BCUT2D eigenvalue weighted by Gasteiger charge is -2.21. The number of benzene rings is 1. The van der Waals surface area contributed by atoms with Gasteiger partial charge in [0.15, 0.2) is 15.3 Å². The van der Waals surface area contributed by atoms with E-state index in [1.807, 2.05) is 24.3 Å². The first kappa shape index (κ1) is 13.8. The molecule has 1 aliphatic rings. The zero-order chi connectivity index (χ0) is 13.9. The summed E-state index contributed by atoms with van der Waals surface area (Å²) in [7, 11) is 0. The van der Waals surface area contributed by atoms with Gasteiger partial charge in [0.2, 0.25) is 0 Å². The van der Waals surface area contributed by atoms with Crippen molar-refractivity contribution in [3.63, 3.8) is 0 Å². The number of halogens is 1. The van der Waals surface area contributed by atoms with Crippen LogP contribution in [-0.4, -0.2) is 13.2 Å². The second-order valence-electron chi connectivity index (χ2n) is 4.71. The van der Waals surface area contributed by atoms with Crippen molar-refractivity contribution in [2.75, 3.05) is 13.2 Å². The van der Waals surface area contributed by atoms with Crippen molar-refractivity contribution < 1.29 is 13.9 Å². The van der Waals surface area contributed by atoms with Crippen LogP contribution in [0.4, 0.5) is 0 Å². The molecule has 1 aliphatic heterocycles. The minimum absolute atomic E-state index is 0.216. The summed E-state index contributed by atoms with van der Waals surface area (Å²) in [5, 5.41) is 3.44. The second-order valence-corrected chi connectivity index (χ2v) is 5.77. The van der Waals surface area contributed by atoms with E-state index in [-0.39, 0.29) is 6.04 Å². The van der Waals surface area contributed by atoms with Gasteiger partial charge in [-0.3, -0.25) is 0 Å². The minimum atomic E-state index is 0.216. The molecule has 0 fully saturated rings. The molecule has 1 aromatic carbocycles. The van der Waals surface area contributed by atoms with Gasteiger partial charge in [0.25, 0.3) is 0 Å². The summed E-state index contributed by atoms with van der Waals surface area (Å²) >= 11 is 2.17. The highest BCUT2D eigenvalue weighted by Gasteiger charge is 2.14. The molecule has 1 N–H and O–H groups in total. The van der Waals surface area contributed by atoms with Crippen LogP contribution in [0.2, 0.25) is 0 Å². The summed E-state index contributed by atoms with van der Waals surface area (Å²) in [6, 6.07) is 10.2. The molecule has 0 radical (unpaired) electrons. The normalized spacial score (nSPS) is 15.1. The smallest absolute Gasteiger partial charge is 0.164 e. The Morgan fingerprint density at radius 3 is 2.70 bits per heavy atom. The number of fused-ring (bicyclic) bond motifs is 1. The van der Waals surface area contributed by atoms with Crippen LogP contribution < -0.4 is 14.8 Å². The third kappa shape index (κ3) is 3.09. The molecule has 1 atom stereocenters. The largest absolute Gasteiger partial charge is 0.486 e. The lowest BCUT2D eigenvalue weighted by atomic mass is 10.1. The monoisotopic (exact) mass is 385 g/mol. The van der Waals surface area contributed by atoms with Crippen LogP contribution in [0, 0.1) is 3.77 Å². The summed E-state index contributed by atoms with van der Waals surface area (Å²) in [6.07, 6.45) is 0. The molecule has 0 amide bonds. The maximum atomic E-state index is 5.61. The molecule has 0 bridgehead atoms. The molecule has 2 aromatic rings. The number of hydrogen-bond donors (Lipinski definition) is 1. The van der Waals surface area contributed by atoms with Crippen molar-refractivity contribution in [3.05, 3.63) is 45.4 Å². The fourth-order valence-electron chi connectivity index (χ4n) is 2.15. The summed E-state index contributed by atoms with van der Waals surface area (Å²) in [5.74, 6) is 2.60. The number of furan rings is 1. The first-order chi connectivity index (χ1) is 9.72. The summed E-state index contributed by atoms with van der Waals surface area (Å²) in [6.45, 7) is 4.07. The Hall–Kier alpha value is -1.21. The van der Waals surface area contributed by atoms with Gasteiger partial charge in [-0.25, -0.2) is 0 Å². The predicted octanol–water partition coefficient (Wildman–Crippen LogP) is 3.51. The minimum Gasteiger partial charge on any atom is -0.486 e. The molecule has 1 unspecified atom stereocenters. The maximum Gasteiger partial charge on any atom is 0.164 e. The molecule has 20 heavy (non-hydrogen) atoms. The summed E-state index contributed by atoms with van der Waals surface area (Å²) in [4.78, 5) is 0. The van der Waals surface area contributed by atoms with Crippen molar-refractivity contribution in [1.29, 1.82) is 0 Å². The number of rotatable bonds is 4. The molecule has 106 valence electrons. The van der Waals surface area contributed by atoms with Gasteiger partial charge < -0.3 is 19.2 Å². The van der Waals surface area contributed by atoms with E-state index in [1.54, 1.807) is 0 Å². The van der Waals surface area contributed by atoms with Gasteiger partial charge in [-0.1, -0.05) is 6.07 Å². The highest BCUT2D eigenvalue weighted by atomic mass is 127. The standard InChI is InChI=1S/C15H16INO3/c1-10(17-9-12-3-5-15(16)20-12)11-2-4-13-14(8-11)19-7-6-18-13/h2-5,8,10,17H,6-7,9H2,1H3. The van der Waals surface area contributed by atoms with Gasteiger partial charge in [0, 0.05) is 6.04 Å². The highest BCUT2D eigenvalue weighted by Crippen LogP contribution is 2.32. The van der Waals surface area contributed by atoms with Gasteiger partial charge >= 0.3 is 0 Å². The van der Waals surface area contributed by atoms with Crippen molar-refractivity contribution in [3.8, 4) is 11.5 Å². The van der Waals surface area contributed by atoms with Gasteiger partial charge in [0.05, 0.1) is 6.54 Å². The lowest BCUT2D eigenvalue weighted by Crippen LogP contribution is -2.19. The Morgan fingerprint density at radius 1 is 1.15 bits per heavy atom. The van der Waals surface area contributed by atoms with E-state index in [1.165, 1.54) is 5.56 Å². The molecule has 4 nitrogen and oxygen atoms in total. The topological polar surface area (TPSA) is 43.6 Å². The van der Waals surface area contributed by atoms with Gasteiger partial charge in [0.1, 0.15) is 19.0 Å². The average molecular weight is 385 g/mol. The second kappa shape index (κ2) is 6.05. The molecule has 0 aliphatic carbocycles. The number of hydrogen-bond acceptors (Lipinski definition) is 4. The van der Waals surface area contributed by atoms with Gasteiger partial charge in [-0.2, -0.15) is 0 Å². The highest BCUT2D eigenvalue weighted by molar-refractivity contribution is 14.1. The van der Waals surface area contributed by atoms with Gasteiger partial charge in [-0.15, -0.1) is 0 Å². The molecule has 1 aromatic heterocycles. The zero-order valence-electron chi connectivity index (χ0n) is 11.2. The molecule has 0 spiro atoms. The number of nitrogens with one attached hydrogen (secondary N) is 1. The van der Waals surface area contributed by atoms with Crippen LogP contribution in [0.5, 0.6) is 11.5 Å². The third-order valence-electron chi connectivity index (χ3n) is 3.28. The fraction of sp³-hybridized carbons (Fsp3) is 0.333. The van der Waals surface area contributed by atoms with Crippen molar-refractivity contribution >= 4 is 22.6 Å². The third-order valence-corrected chi connectivity index (χ3v) is 3.86. The van der Waals surface area contributed by atoms with E-state index < -0.39 is 0 Å². The van der Waals surface area contributed by atoms with Crippen molar-refractivity contribution in [1.82, 2.24) is 5.32 Å². The molecule has 0 saturated heterocycles. The van der Waals surface area contributed by atoms with E-state index in [0.717, 1.165) is 21.0 Å². The number of ether oxygens (including phenoxy) is 2. The summed E-state index contributed by atoms with van der Waals surface area (Å²) < 4.78 is 17.6. The first-order valence-corrected chi connectivity index (χ1v) is 7.67. The Labute approximate surface area is 131 Å². The Bertz CT molecular complexity index is 597. The van der Waals surface area contributed by atoms with Gasteiger partial charge in [-0.05, 0) is 59.3 Å². The molecule has 3 rings (SSSR count). The summed E-state index contributed by atoms with van der Waals surface area (Å²) in [5.41, 5.74) is 1.18. The Kier molecular flexibility index (Phi) is 4.16. The van der Waals surface area contributed by atoms with Crippen LogP contribution in [0.3, 0.4) is 0 Å². The van der Waals surface area contributed by atoms with Crippen LogP contribution in [0.25, 0.3) is 0 Å². The van der Waals surface area contributed by atoms with Crippen LogP contribution in [0.15, 0.2) is 34.7 Å². The van der Waals surface area contributed by atoms with Crippen LogP contribution in [0.1, 0.15) is 24.3 Å². The van der Waals surface area contributed by atoms with E-state index in [2.05, 4.69) is 40.9 Å². The molecule has 2 heterocycles. The van der Waals surface area contributed by atoms with E-state index in [4.69, 9.17) is 13.9 Å². The molecule has 5 heteroatoms. The van der Waals surface area contributed by atoms with E-state index >= 15 is 0 Å². The fourth-order valence-corrected chi connectivity index (χ4v) is 2.61. The maximum absolute atomic E-state index is 5.61. The first-order valence-electron chi connectivity index (χ1n) is 6.59. The van der Waals surface area contributed by atoms with Crippen molar-refractivity contribution in [2.45, 2.75) is 19.5 Å². The van der Waals surface area contributed by atoms with E-state index in [9.17, 15) is 0 Å². The van der Waals surface area contributed by atoms with Crippen LogP contribution >= 0.6 is 22.6 Å². The quantitative estimate of drug-likeness (QED) is 0.819. The van der Waals surface area contributed by atoms with Crippen molar-refractivity contribution in [2.24, 2.45) is 0 Å². The predicted molar refractivity (Wildman–Crippen MR) is 84.1 cm³/mol. The zero-order valence-corrected chi connectivity index (χ0v) is 13.3. The SMILES string of the molecule is CC(NCc1ccc(I)o1)c1ccc2c(c1)OCCO2. The Balaban J connectivity index is 1.66. The average Bonchev–Trinajstić information content (AvgIpc) is 2.90. The molecular weight excluding hydrogens is 369 g/mol. The Morgan fingerprint density at radius 2 is 1.95 bits per heavy atom. The molecular formula is C15H16INO3. The molecule has 0 saturated carbocycles.